The zero-order valence-electron chi connectivity index (χ0n) is 8.61. The maximum atomic E-state index is 3.99. The summed E-state index contributed by atoms with van der Waals surface area (Å²) < 4.78 is 2.84. The lowest BCUT2D eigenvalue weighted by Gasteiger charge is -2.06. The van der Waals surface area contributed by atoms with Crippen LogP contribution in [0.5, 0.6) is 0 Å². The van der Waals surface area contributed by atoms with Gasteiger partial charge in [0.1, 0.15) is 0 Å². The Morgan fingerprint density at radius 2 is 2.20 bits per heavy atom. The lowest BCUT2D eigenvalue weighted by molar-refractivity contribution is 0.762. The van der Waals surface area contributed by atoms with E-state index in [2.05, 4.69) is 37.5 Å². The highest BCUT2D eigenvalue weighted by atomic mass is 79.9. The summed E-state index contributed by atoms with van der Waals surface area (Å²) in [5, 5.41) is 11.6. The summed E-state index contributed by atoms with van der Waals surface area (Å²) in [5.74, 6) is 0.875. The maximum absolute atomic E-state index is 3.99. The third-order valence-electron chi connectivity index (χ3n) is 2.24. The van der Waals surface area contributed by atoms with Gasteiger partial charge in [0.05, 0.1) is 5.69 Å². The van der Waals surface area contributed by atoms with Crippen molar-refractivity contribution in [3.8, 4) is 5.69 Å². The highest BCUT2D eigenvalue weighted by Gasteiger charge is 2.08. The van der Waals surface area contributed by atoms with E-state index in [4.69, 9.17) is 0 Å². The molecule has 0 bridgehead atoms. The topological polar surface area (TPSA) is 43.6 Å². The molecule has 2 rings (SSSR count). The first-order valence-corrected chi connectivity index (χ1v) is 5.55. The zero-order valence-corrected chi connectivity index (χ0v) is 10.2. The Kier molecular flexibility index (Phi) is 2.81. The lowest BCUT2D eigenvalue weighted by atomic mass is 10.2. The molecule has 1 heterocycles. The van der Waals surface area contributed by atoms with E-state index in [1.54, 1.807) is 4.68 Å². The minimum Gasteiger partial charge on any atom is -0.197 e. The molecule has 0 saturated carbocycles. The summed E-state index contributed by atoms with van der Waals surface area (Å²) in [6.07, 6.45) is 0.822. The number of aryl methyl sites for hydroxylation is 2. The highest BCUT2D eigenvalue weighted by Crippen LogP contribution is 2.19. The average molecular weight is 267 g/mol. The number of nitrogens with zero attached hydrogens (tertiary/aromatic N) is 4. The molecule has 2 aromatic rings. The molecular formula is C10H11BrN4. The summed E-state index contributed by atoms with van der Waals surface area (Å²) in [5.41, 5.74) is 2.17. The largest absolute Gasteiger partial charge is 0.197 e. The predicted molar refractivity (Wildman–Crippen MR) is 61.0 cm³/mol. The summed E-state index contributed by atoms with van der Waals surface area (Å²) in [6.45, 7) is 4.08. The van der Waals surface area contributed by atoms with Gasteiger partial charge in [-0.05, 0) is 41.1 Å². The Morgan fingerprint density at radius 3 is 2.87 bits per heavy atom. The van der Waals surface area contributed by atoms with Crippen molar-refractivity contribution in [3.63, 3.8) is 0 Å². The SMILES string of the molecule is CCc1nnnn1-c1ccc(Br)cc1C. The molecule has 0 amide bonds. The fourth-order valence-corrected chi connectivity index (χ4v) is 1.95. The van der Waals surface area contributed by atoms with Crippen molar-refractivity contribution in [1.82, 2.24) is 20.2 Å². The number of benzene rings is 1. The molecule has 78 valence electrons. The second kappa shape index (κ2) is 4.10. The molecule has 1 aromatic heterocycles. The monoisotopic (exact) mass is 266 g/mol. The van der Waals surface area contributed by atoms with Crippen molar-refractivity contribution in [3.05, 3.63) is 34.1 Å². The Bertz CT molecular complexity index is 478. The minimum atomic E-state index is 0.822. The molecule has 0 atom stereocenters. The molecule has 1 aromatic carbocycles. The van der Waals surface area contributed by atoms with Gasteiger partial charge in [-0.3, -0.25) is 0 Å². The number of halogens is 1. The van der Waals surface area contributed by atoms with Crippen molar-refractivity contribution < 1.29 is 0 Å². The van der Waals surface area contributed by atoms with Crippen LogP contribution in [0.15, 0.2) is 22.7 Å². The first-order valence-electron chi connectivity index (χ1n) is 4.76. The molecule has 0 radical (unpaired) electrons. The second-order valence-electron chi connectivity index (χ2n) is 3.29. The van der Waals surface area contributed by atoms with Crippen LogP contribution in [-0.2, 0) is 6.42 Å². The molecule has 0 saturated heterocycles. The molecular weight excluding hydrogens is 256 g/mol. The van der Waals surface area contributed by atoms with Gasteiger partial charge in [0.2, 0.25) is 0 Å². The first-order chi connectivity index (χ1) is 7.22. The summed E-state index contributed by atoms with van der Waals surface area (Å²) in [6, 6.07) is 6.05. The van der Waals surface area contributed by atoms with Crippen LogP contribution in [0, 0.1) is 6.92 Å². The van der Waals surface area contributed by atoms with Gasteiger partial charge < -0.3 is 0 Å². The van der Waals surface area contributed by atoms with Gasteiger partial charge in [0, 0.05) is 10.9 Å². The Morgan fingerprint density at radius 1 is 1.40 bits per heavy atom. The molecule has 0 fully saturated rings. The predicted octanol–water partition coefficient (Wildman–Crippen LogP) is 2.30. The van der Waals surface area contributed by atoms with E-state index in [-0.39, 0.29) is 0 Å². The zero-order chi connectivity index (χ0) is 10.8. The molecule has 0 aliphatic carbocycles. The first kappa shape index (κ1) is 10.3. The van der Waals surface area contributed by atoms with E-state index in [1.165, 1.54) is 0 Å². The normalized spacial score (nSPS) is 10.6. The number of aromatic nitrogens is 4. The third-order valence-corrected chi connectivity index (χ3v) is 2.73. The van der Waals surface area contributed by atoms with Gasteiger partial charge in [0.25, 0.3) is 0 Å². The molecule has 0 aliphatic rings. The van der Waals surface area contributed by atoms with Crippen molar-refractivity contribution in [2.45, 2.75) is 20.3 Å². The average Bonchev–Trinajstić information content (AvgIpc) is 2.65. The van der Waals surface area contributed by atoms with E-state index in [0.717, 1.165) is 28.0 Å². The van der Waals surface area contributed by atoms with E-state index < -0.39 is 0 Å². The minimum absolute atomic E-state index is 0.822. The van der Waals surface area contributed by atoms with E-state index in [1.807, 2.05) is 26.0 Å². The van der Waals surface area contributed by atoms with Crippen molar-refractivity contribution in [2.75, 3.05) is 0 Å². The summed E-state index contributed by atoms with van der Waals surface area (Å²) >= 11 is 3.43. The van der Waals surface area contributed by atoms with Crippen LogP contribution in [0.4, 0.5) is 0 Å². The Labute approximate surface area is 96.4 Å². The van der Waals surface area contributed by atoms with Gasteiger partial charge in [-0.15, -0.1) is 5.10 Å². The number of hydrogen-bond donors (Lipinski definition) is 0. The quantitative estimate of drug-likeness (QED) is 0.838. The third kappa shape index (κ3) is 1.92. The van der Waals surface area contributed by atoms with E-state index >= 15 is 0 Å². The highest BCUT2D eigenvalue weighted by molar-refractivity contribution is 9.10. The van der Waals surface area contributed by atoms with Crippen molar-refractivity contribution in [2.24, 2.45) is 0 Å². The smallest absolute Gasteiger partial charge is 0.156 e. The van der Waals surface area contributed by atoms with Crippen LogP contribution in [-0.4, -0.2) is 20.2 Å². The molecule has 4 nitrogen and oxygen atoms in total. The van der Waals surface area contributed by atoms with Crippen LogP contribution in [0.2, 0.25) is 0 Å². The van der Waals surface area contributed by atoms with Gasteiger partial charge in [-0.1, -0.05) is 22.9 Å². The molecule has 0 aliphatic heterocycles. The molecule has 0 N–H and O–H groups in total. The van der Waals surface area contributed by atoms with Gasteiger partial charge in [-0.25, -0.2) is 0 Å². The van der Waals surface area contributed by atoms with Crippen LogP contribution in [0.25, 0.3) is 5.69 Å². The van der Waals surface area contributed by atoms with Gasteiger partial charge in [-0.2, -0.15) is 4.68 Å². The van der Waals surface area contributed by atoms with Crippen molar-refractivity contribution in [1.29, 1.82) is 0 Å². The summed E-state index contributed by atoms with van der Waals surface area (Å²) in [4.78, 5) is 0. The van der Waals surface area contributed by atoms with E-state index in [0.29, 0.717) is 0 Å². The second-order valence-corrected chi connectivity index (χ2v) is 4.21. The lowest BCUT2D eigenvalue weighted by Crippen LogP contribution is -2.03. The van der Waals surface area contributed by atoms with E-state index in [9.17, 15) is 0 Å². The van der Waals surface area contributed by atoms with Crippen LogP contribution in [0.1, 0.15) is 18.3 Å². The molecule has 0 spiro atoms. The van der Waals surface area contributed by atoms with Gasteiger partial charge in [0.15, 0.2) is 5.82 Å². The van der Waals surface area contributed by atoms with Crippen molar-refractivity contribution >= 4 is 15.9 Å². The fraction of sp³-hybridized carbons (Fsp3) is 0.300. The number of hydrogen-bond acceptors (Lipinski definition) is 3. The Balaban J connectivity index is 2.54. The van der Waals surface area contributed by atoms with Crippen LogP contribution in [0.3, 0.4) is 0 Å². The standard InChI is InChI=1S/C10H11BrN4/c1-3-10-12-13-14-15(10)9-5-4-8(11)6-7(9)2/h4-6H,3H2,1-2H3. The number of tetrazole rings is 1. The molecule has 15 heavy (non-hydrogen) atoms. The molecule has 5 heteroatoms. The maximum Gasteiger partial charge on any atom is 0.156 e. The Hall–Kier alpha value is -1.23. The number of rotatable bonds is 2. The fourth-order valence-electron chi connectivity index (χ4n) is 1.47. The summed E-state index contributed by atoms with van der Waals surface area (Å²) in [7, 11) is 0. The molecule has 0 unspecified atom stereocenters. The van der Waals surface area contributed by atoms with Crippen LogP contribution >= 0.6 is 15.9 Å². The van der Waals surface area contributed by atoms with Crippen LogP contribution < -0.4 is 0 Å². The van der Waals surface area contributed by atoms with Gasteiger partial charge >= 0.3 is 0 Å².